The molecular weight excluding hydrogens is 338 g/mol. The highest BCUT2D eigenvalue weighted by Gasteiger charge is 2.18. The number of rotatable bonds is 4. The molecule has 0 bridgehead atoms. The molecule has 3 aromatic rings. The predicted molar refractivity (Wildman–Crippen MR) is 108 cm³/mol. The second kappa shape index (κ2) is 7.48. The summed E-state index contributed by atoms with van der Waals surface area (Å²) in [7, 11) is 0. The molecular formula is C25H22F2. The van der Waals surface area contributed by atoms with Crippen LogP contribution >= 0.6 is 0 Å². The Hall–Kier alpha value is -2.74. The molecule has 0 fully saturated rings. The molecule has 0 atom stereocenters. The molecule has 0 aromatic heterocycles. The Kier molecular flexibility index (Phi) is 4.89. The van der Waals surface area contributed by atoms with Gasteiger partial charge in [0.15, 0.2) is 0 Å². The standard InChI is InChI=1S/C25H22F2/c1-2-3-17-4-6-18(7-5-17)20-10-14-24-21(16-20)11-15-23(25(24)27)19-8-12-22(26)13-9-19/h4-9,11-13,15-16H,2-3,10,14H2,1H3. The maximum atomic E-state index is 15.1. The molecule has 0 N–H and O–H groups in total. The molecule has 0 saturated carbocycles. The summed E-state index contributed by atoms with van der Waals surface area (Å²) in [5, 5.41) is 0. The van der Waals surface area contributed by atoms with Crippen LogP contribution in [0.5, 0.6) is 0 Å². The fraction of sp³-hybridized carbons (Fsp3) is 0.200. The van der Waals surface area contributed by atoms with Gasteiger partial charge in [0.05, 0.1) is 0 Å². The SMILES string of the molecule is CCCc1ccc(C2=Cc3ccc(-c4ccc(F)cc4)c(F)c3CC2)cc1. The van der Waals surface area contributed by atoms with E-state index in [4.69, 9.17) is 0 Å². The van der Waals surface area contributed by atoms with Crippen molar-refractivity contribution >= 4 is 11.6 Å². The number of hydrogen-bond acceptors (Lipinski definition) is 0. The van der Waals surface area contributed by atoms with Crippen LogP contribution in [0, 0.1) is 11.6 Å². The lowest BCUT2D eigenvalue weighted by Crippen LogP contribution is -2.04. The van der Waals surface area contributed by atoms with Crippen molar-refractivity contribution in [1.29, 1.82) is 0 Å². The topological polar surface area (TPSA) is 0 Å². The van der Waals surface area contributed by atoms with Crippen LogP contribution in [0.1, 0.15) is 42.0 Å². The number of allylic oxidation sites excluding steroid dienone is 1. The van der Waals surface area contributed by atoms with E-state index in [9.17, 15) is 4.39 Å². The molecule has 27 heavy (non-hydrogen) atoms. The third-order valence-electron chi connectivity index (χ3n) is 5.27. The first kappa shape index (κ1) is 17.7. The van der Waals surface area contributed by atoms with E-state index in [-0.39, 0.29) is 11.6 Å². The first-order valence-corrected chi connectivity index (χ1v) is 9.53. The van der Waals surface area contributed by atoms with Crippen LogP contribution < -0.4 is 0 Å². The second-order valence-electron chi connectivity index (χ2n) is 7.12. The van der Waals surface area contributed by atoms with Gasteiger partial charge in [-0.1, -0.05) is 68.0 Å². The van der Waals surface area contributed by atoms with E-state index in [1.165, 1.54) is 28.8 Å². The number of halogens is 2. The first-order valence-electron chi connectivity index (χ1n) is 9.53. The molecule has 0 saturated heterocycles. The van der Waals surface area contributed by atoms with Crippen molar-refractivity contribution in [1.82, 2.24) is 0 Å². The van der Waals surface area contributed by atoms with Gasteiger partial charge < -0.3 is 0 Å². The van der Waals surface area contributed by atoms with Crippen molar-refractivity contribution in [3.63, 3.8) is 0 Å². The molecule has 2 heteroatoms. The van der Waals surface area contributed by atoms with Gasteiger partial charge in [-0.2, -0.15) is 0 Å². The Morgan fingerprint density at radius 1 is 0.778 bits per heavy atom. The fourth-order valence-corrected chi connectivity index (χ4v) is 3.80. The third-order valence-corrected chi connectivity index (χ3v) is 5.27. The van der Waals surface area contributed by atoms with Crippen molar-refractivity contribution in [2.75, 3.05) is 0 Å². The third kappa shape index (κ3) is 3.57. The van der Waals surface area contributed by atoms with Gasteiger partial charge in [-0.25, -0.2) is 8.78 Å². The highest BCUT2D eigenvalue weighted by molar-refractivity contribution is 5.85. The first-order chi connectivity index (χ1) is 13.2. The Morgan fingerprint density at radius 3 is 2.19 bits per heavy atom. The average molecular weight is 360 g/mol. The number of aryl methyl sites for hydroxylation is 1. The summed E-state index contributed by atoms with van der Waals surface area (Å²) < 4.78 is 28.2. The van der Waals surface area contributed by atoms with Crippen molar-refractivity contribution in [3.05, 3.63) is 94.6 Å². The lowest BCUT2D eigenvalue weighted by atomic mass is 9.86. The summed E-state index contributed by atoms with van der Waals surface area (Å²) in [6.07, 6.45) is 5.85. The van der Waals surface area contributed by atoms with Gasteiger partial charge in [0.2, 0.25) is 0 Å². The van der Waals surface area contributed by atoms with Crippen molar-refractivity contribution in [3.8, 4) is 11.1 Å². The van der Waals surface area contributed by atoms with Gasteiger partial charge >= 0.3 is 0 Å². The van der Waals surface area contributed by atoms with Gasteiger partial charge in [-0.05, 0) is 64.8 Å². The van der Waals surface area contributed by atoms with Gasteiger partial charge in [-0.3, -0.25) is 0 Å². The lowest BCUT2D eigenvalue weighted by molar-refractivity contribution is 0.611. The minimum absolute atomic E-state index is 0.187. The smallest absolute Gasteiger partial charge is 0.134 e. The molecule has 0 heterocycles. The number of fused-ring (bicyclic) bond motifs is 1. The molecule has 136 valence electrons. The molecule has 0 unspecified atom stereocenters. The maximum absolute atomic E-state index is 15.1. The van der Waals surface area contributed by atoms with Crippen LogP contribution in [0.15, 0.2) is 60.7 Å². The monoisotopic (exact) mass is 360 g/mol. The predicted octanol–water partition coefficient (Wildman–Crippen LogP) is 7.07. The zero-order valence-corrected chi connectivity index (χ0v) is 15.4. The minimum Gasteiger partial charge on any atom is -0.207 e. The summed E-state index contributed by atoms with van der Waals surface area (Å²) in [5.74, 6) is -0.498. The van der Waals surface area contributed by atoms with E-state index in [1.54, 1.807) is 18.2 Å². The molecule has 0 amide bonds. The molecule has 0 radical (unpaired) electrons. The van der Waals surface area contributed by atoms with Gasteiger partial charge in [0.1, 0.15) is 11.6 Å². The summed E-state index contributed by atoms with van der Waals surface area (Å²) in [6, 6.07) is 18.5. The van der Waals surface area contributed by atoms with E-state index >= 15 is 4.39 Å². The van der Waals surface area contributed by atoms with Crippen LogP contribution in [0.2, 0.25) is 0 Å². The summed E-state index contributed by atoms with van der Waals surface area (Å²) in [4.78, 5) is 0. The Bertz CT molecular complexity index is 980. The summed E-state index contributed by atoms with van der Waals surface area (Å²) in [6.45, 7) is 2.18. The minimum atomic E-state index is -0.311. The molecule has 0 spiro atoms. The van der Waals surface area contributed by atoms with Crippen LogP contribution in [0.3, 0.4) is 0 Å². The van der Waals surface area contributed by atoms with Crippen LogP contribution in [0.4, 0.5) is 8.78 Å². The number of hydrogen-bond donors (Lipinski definition) is 0. The largest absolute Gasteiger partial charge is 0.207 e. The lowest BCUT2D eigenvalue weighted by Gasteiger charge is -2.19. The fourth-order valence-electron chi connectivity index (χ4n) is 3.80. The van der Waals surface area contributed by atoms with Crippen LogP contribution in [0.25, 0.3) is 22.8 Å². The summed E-state index contributed by atoms with van der Waals surface area (Å²) >= 11 is 0. The maximum Gasteiger partial charge on any atom is 0.134 e. The van der Waals surface area contributed by atoms with E-state index in [1.807, 2.05) is 6.07 Å². The quantitative estimate of drug-likeness (QED) is 0.467. The molecule has 4 rings (SSSR count). The van der Waals surface area contributed by atoms with Crippen LogP contribution in [-0.4, -0.2) is 0 Å². The second-order valence-corrected chi connectivity index (χ2v) is 7.12. The van der Waals surface area contributed by atoms with E-state index in [0.29, 0.717) is 17.5 Å². The highest BCUT2D eigenvalue weighted by Crippen LogP contribution is 2.35. The number of benzene rings is 3. The van der Waals surface area contributed by atoms with Gasteiger partial charge in [0.25, 0.3) is 0 Å². The molecule has 1 aliphatic carbocycles. The Labute approximate surface area is 159 Å². The van der Waals surface area contributed by atoms with E-state index < -0.39 is 0 Å². The normalized spacial score (nSPS) is 13.2. The van der Waals surface area contributed by atoms with Crippen molar-refractivity contribution < 1.29 is 8.78 Å². The summed E-state index contributed by atoms with van der Waals surface area (Å²) in [5.41, 5.74) is 6.75. The molecule has 3 aromatic carbocycles. The van der Waals surface area contributed by atoms with Crippen LogP contribution in [-0.2, 0) is 12.8 Å². The van der Waals surface area contributed by atoms with E-state index in [0.717, 1.165) is 30.4 Å². The van der Waals surface area contributed by atoms with Crippen molar-refractivity contribution in [2.45, 2.75) is 32.6 Å². The Balaban J connectivity index is 1.67. The Morgan fingerprint density at radius 2 is 1.48 bits per heavy atom. The van der Waals surface area contributed by atoms with Crippen molar-refractivity contribution in [2.24, 2.45) is 0 Å². The average Bonchev–Trinajstić information content (AvgIpc) is 2.70. The zero-order valence-electron chi connectivity index (χ0n) is 15.4. The highest BCUT2D eigenvalue weighted by atomic mass is 19.1. The zero-order chi connectivity index (χ0) is 18.8. The molecule has 0 aliphatic heterocycles. The van der Waals surface area contributed by atoms with Gasteiger partial charge in [-0.15, -0.1) is 0 Å². The van der Waals surface area contributed by atoms with E-state index in [2.05, 4.69) is 37.3 Å². The molecule has 1 aliphatic rings. The molecule has 0 nitrogen and oxygen atoms in total. The van der Waals surface area contributed by atoms with Gasteiger partial charge in [0, 0.05) is 5.56 Å².